The molecule has 0 aliphatic heterocycles. The van der Waals surface area contributed by atoms with Gasteiger partial charge in [-0.15, -0.1) is 6.58 Å². The van der Waals surface area contributed by atoms with E-state index in [1.165, 1.54) is 6.08 Å². The highest BCUT2D eigenvalue weighted by Gasteiger charge is 2.30. The molecule has 2 atom stereocenters. The van der Waals surface area contributed by atoms with E-state index in [1.807, 2.05) is 54.6 Å². The van der Waals surface area contributed by atoms with Crippen LogP contribution in [0, 0.1) is 0 Å². The lowest BCUT2D eigenvalue weighted by molar-refractivity contribution is -0.142. The summed E-state index contributed by atoms with van der Waals surface area (Å²) in [7, 11) is 0. The Morgan fingerprint density at radius 3 is 2.03 bits per heavy atom. The molecule has 0 saturated heterocycles. The predicted molar refractivity (Wildman–Crippen MR) is 137 cm³/mol. The average Bonchev–Trinajstić information content (AvgIpc) is 3.21. The van der Waals surface area contributed by atoms with E-state index < -0.39 is 30.1 Å². The molecule has 36 heavy (non-hydrogen) atoms. The maximum absolute atomic E-state index is 12.9. The van der Waals surface area contributed by atoms with Crippen molar-refractivity contribution >= 4 is 18.0 Å². The molecular weight excluding hydrogens is 456 g/mol. The van der Waals surface area contributed by atoms with Crippen LogP contribution in [0.25, 0.3) is 11.1 Å². The van der Waals surface area contributed by atoms with E-state index in [1.54, 1.807) is 24.3 Å². The highest BCUT2D eigenvalue weighted by molar-refractivity contribution is 5.89. The summed E-state index contributed by atoms with van der Waals surface area (Å²) in [6.07, 6.45) is 0.969. The third kappa shape index (κ3) is 5.63. The summed E-state index contributed by atoms with van der Waals surface area (Å²) in [5.74, 6) is -1.89. The Kier molecular flexibility index (Phi) is 7.80. The number of ether oxygens (including phenoxy) is 1. The first-order valence-corrected chi connectivity index (χ1v) is 11.8. The van der Waals surface area contributed by atoms with Crippen LogP contribution in [0.5, 0.6) is 0 Å². The molecule has 7 heteroatoms. The van der Waals surface area contributed by atoms with Gasteiger partial charge >= 0.3 is 12.1 Å². The highest BCUT2D eigenvalue weighted by Crippen LogP contribution is 2.44. The van der Waals surface area contributed by atoms with Crippen LogP contribution in [-0.4, -0.2) is 41.8 Å². The summed E-state index contributed by atoms with van der Waals surface area (Å²) in [5, 5.41) is 14.7. The van der Waals surface area contributed by atoms with Crippen LogP contribution in [0.15, 0.2) is 91.5 Å². The fourth-order valence-electron chi connectivity index (χ4n) is 4.50. The normalized spacial score (nSPS) is 13.6. The Bertz CT molecular complexity index is 1210. The second-order valence-corrected chi connectivity index (χ2v) is 8.64. The summed E-state index contributed by atoms with van der Waals surface area (Å²) < 4.78 is 5.53. The van der Waals surface area contributed by atoms with Crippen LogP contribution in [0.1, 0.15) is 29.0 Å². The molecule has 1 aliphatic rings. The van der Waals surface area contributed by atoms with Gasteiger partial charge < -0.3 is 20.5 Å². The molecule has 3 aromatic rings. The molecule has 0 aromatic heterocycles. The van der Waals surface area contributed by atoms with Crippen LogP contribution < -0.4 is 10.6 Å². The largest absolute Gasteiger partial charge is 0.480 e. The zero-order chi connectivity index (χ0) is 25.5. The summed E-state index contributed by atoms with van der Waals surface area (Å²) in [6.45, 7) is 3.75. The molecule has 0 heterocycles. The fraction of sp³-hybridized carbons (Fsp3) is 0.207. The molecule has 0 unspecified atom stereocenters. The van der Waals surface area contributed by atoms with Gasteiger partial charge in [0.25, 0.3) is 0 Å². The van der Waals surface area contributed by atoms with Crippen LogP contribution >= 0.6 is 0 Å². The second-order valence-electron chi connectivity index (χ2n) is 8.64. The highest BCUT2D eigenvalue weighted by atomic mass is 16.5. The van der Waals surface area contributed by atoms with Gasteiger partial charge in [0, 0.05) is 12.3 Å². The second kappa shape index (κ2) is 11.4. The van der Waals surface area contributed by atoms with E-state index in [0.29, 0.717) is 0 Å². The first kappa shape index (κ1) is 24.7. The number of carbonyl (C=O) groups excluding carboxylic acids is 2. The Balaban J connectivity index is 1.39. The van der Waals surface area contributed by atoms with Crippen molar-refractivity contribution in [2.75, 3.05) is 6.61 Å². The van der Waals surface area contributed by atoms with Crippen LogP contribution in [0.2, 0.25) is 0 Å². The van der Waals surface area contributed by atoms with Gasteiger partial charge in [0.2, 0.25) is 5.91 Å². The number of rotatable bonds is 10. The number of carboxylic acid groups (broad SMARTS) is 1. The molecule has 0 saturated carbocycles. The van der Waals surface area contributed by atoms with Crippen molar-refractivity contribution in [2.45, 2.75) is 30.8 Å². The van der Waals surface area contributed by atoms with Gasteiger partial charge in [-0.2, -0.15) is 0 Å². The van der Waals surface area contributed by atoms with Gasteiger partial charge in [-0.05, 0) is 34.2 Å². The molecule has 184 valence electrons. The zero-order valence-corrected chi connectivity index (χ0v) is 19.7. The van der Waals surface area contributed by atoms with Crippen LogP contribution in [0.4, 0.5) is 4.79 Å². The Morgan fingerprint density at radius 2 is 1.44 bits per heavy atom. The summed E-state index contributed by atoms with van der Waals surface area (Å²) in [5.41, 5.74) is 5.16. The smallest absolute Gasteiger partial charge is 0.407 e. The molecule has 0 fully saturated rings. The van der Waals surface area contributed by atoms with E-state index in [-0.39, 0.29) is 25.4 Å². The lowest BCUT2D eigenvalue weighted by atomic mass is 9.98. The number of nitrogens with one attached hydrogen (secondary N) is 2. The molecule has 2 amide bonds. The fourth-order valence-corrected chi connectivity index (χ4v) is 4.50. The first-order valence-electron chi connectivity index (χ1n) is 11.8. The number of hydrogen-bond donors (Lipinski definition) is 3. The minimum atomic E-state index is -1.16. The van der Waals surface area contributed by atoms with Crippen molar-refractivity contribution < 1.29 is 24.2 Å². The van der Waals surface area contributed by atoms with E-state index >= 15 is 0 Å². The number of carboxylic acids is 1. The van der Waals surface area contributed by atoms with Crippen molar-refractivity contribution in [1.82, 2.24) is 10.6 Å². The molecule has 3 N–H and O–H groups in total. The minimum absolute atomic E-state index is 0.105. The topological polar surface area (TPSA) is 105 Å². The summed E-state index contributed by atoms with van der Waals surface area (Å²) in [4.78, 5) is 37.3. The maximum atomic E-state index is 12.9. The number of aliphatic carboxylic acids is 1. The molecule has 0 bridgehead atoms. The number of carbonyl (C=O) groups is 3. The van der Waals surface area contributed by atoms with Crippen molar-refractivity contribution in [3.8, 4) is 11.1 Å². The van der Waals surface area contributed by atoms with Crippen LogP contribution in [-0.2, 0) is 20.7 Å². The standard InChI is InChI=1S/C29H28N2O5/c1-2-10-25(27(32)30-26(28(33)34)17-19-11-4-3-5-12-19)31-29(35)36-18-24-22-15-8-6-13-20(22)21-14-7-9-16-23(21)24/h2-9,11-16,24-26H,1,10,17-18H2,(H,30,32)(H,31,35)(H,33,34)/t25-,26-/m1/s1. The third-order valence-corrected chi connectivity index (χ3v) is 6.25. The first-order chi connectivity index (χ1) is 17.5. The van der Waals surface area contributed by atoms with Crippen molar-refractivity contribution in [2.24, 2.45) is 0 Å². The van der Waals surface area contributed by atoms with Gasteiger partial charge in [0.15, 0.2) is 0 Å². The molecular formula is C29H28N2O5. The average molecular weight is 485 g/mol. The maximum Gasteiger partial charge on any atom is 0.407 e. The van der Waals surface area contributed by atoms with Crippen molar-refractivity contribution in [3.05, 3.63) is 108 Å². The SMILES string of the molecule is C=CC[C@@H](NC(=O)OCC1c2ccccc2-c2ccccc21)C(=O)N[C@H](Cc1ccccc1)C(=O)O. The van der Waals surface area contributed by atoms with Crippen molar-refractivity contribution in [3.63, 3.8) is 0 Å². The summed E-state index contributed by atoms with van der Waals surface area (Å²) >= 11 is 0. The van der Waals surface area contributed by atoms with Gasteiger partial charge in [0.05, 0.1) is 0 Å². The summed E-state index contributed by atoms with van der Waals surface area (Å²) in [6, 6.07) is 22.9. The van der Waals surface area contributed by atoms with E-state index in [4.69, 9.17) is 4.74 Å². The number of benzene rings is 3. The van der Waals surface area contributed by atoms with Gasteiger partial charge in [-0.3, -0.25) is 4.79 Å². The number of alkyl carbamates (subject to hydrolysis) is 1. The predicted octanol–water partition coefficient (Wildman–Crippen LogP) is 4.28. The number of hydrogen-bond acceptors (Lipinski definition) is 4. The monoisotopic (exact) mass is 484 g/mol. The quantitative estimate of drug-likeness (QED) is 0.373. The van der Waals surface area contributed by atoms with Gasteiger partial charge in [0.1, 0.15) is 18.7 Å². The van der Waals surface area contributed by atoms with Crippen molar-refractivity contribution in [1.29, 1.82) is 0 Å². The van der Waals surface area contributed by atoms with Gasteiger partial charge in [-0.1, -0.05) is 84.9 Å². The molecule has 7 nitrogen and oxygen atoms in total. The number of fused-ring (bicyclic) bond motifs is 3. The van der Waals surface area contributed by atoms with Crippen LogP contribution in [0.3, 0.4) is 0 Å². The van der Waals surface area contributed by atoms with E-state index in [0.717, 1.165) is 27.8 Å². The lowest BCUT2D eigenvalue weighted by Crippen LogP contribution is -2.52. The molecule has 3 aromatic carbocycles. The Labute approximate surface area is 209 Å². The van der Waals surface area contributed by atoms with Gasteiger partial charge in [-0.25, -0.2) is 9.59 Å². The molecule has 1 aliphatic carbocycles. The molecule has 0 spiro atoms. The molecule has 4 rings (SSSR count). The Hall–Kier alpha value is -4.39. The number of amides is 2. The van der Waals surface area contributed by atoms with E-state index in [2.05, 4.69) is 17.2 Å². The zero-order valence-electron chi connectivity index (χ0n) is 19.7. The third-order valence-electron chi connectivity index (χ3n) is 6.25. The van der Waals surface area contributed by atoms with E-state index in [9.17, 15) is 19.5 Å². The molecule has 0 radical (unpaired) electrons. The Morgan fingerprint density at radius 1 is 0.861 bits per heavy atom. The minimum Gasteiger partial charge on any atom is -0.480 e. The lowest BCUT2D eigenvalue weighted by Gasteiger charge is -2.21.